The lowest BCUT2D eigenvalue weighted by Gasteiger charge is -2.19. The number of rotatable bonds is 5. The maximum absolute atomic E-state index is 10.7. The van der Waals surface area contributed by atoms with Gasteiger partial charge in [-0.15, -0.1) is 10.2 Å². The zero-order valence-corrected chi connectivity index (χ0v) is 10.7. The van der Waals surface area contributed by atoms with Crippen LogP contribution in [0.25, 0.3) is 0 Å². The van der Waals surface area contributed by atoms with E-state index in [2.05, 4.69) is 10.2 Å². The van der Waals surface area contributed by atoms with Gasteiger partial charge in [0.25, 0.3) is 0 Å². The van der Waals surface area contributed by atoms with Crippen molar-refractivity contribution < 1.29 is 19.1 Å². The quantitative estimate of drug-likeness (QED) is 0.864. The molecule has 18 heavy (non-hydrogen) atoms. The predicted octanol–water partition coefficient (Wildman–Crippen LogP) is 1.96. The van der Waals surface area contributed by atoms with Gasteiger partial charge in [0.05, 0.1) is 6.42 Å². The first kappa shape index (κ1) is 13.0. The summed E-state index contributed by atoms with van der Waals surface area (Å²) < 4.78 is 11.0. The van der Waals surface area contributed by atoms with Gasteiger partial charge in [-0.1, -0.05) is 13.8 Å². The lowest BCUT2D eigenvalue weighted by Crippen LogP contribution is -2.19. The van der Waals surface area contributed by atoms with E-state index in [9.17, 15) is 4.79 Å². The predicted molar refractivity (Wildman–Crippen MR) is 62.0 cm³/mol. The highest BCUT2D eigenvalue weighted by atomic mass is 16.5. The summed E-state index contributed by atoms with van der Waals surface area (Å²) in [6.07, 6.45) is 2.35. The molecule has 1 aliphatic heterocycles. The molecule has 0 aromatic carbocycles. The molecule has 1 atom stereocenters. The van der Waals surface area contributed by atoms with Crippen LogP contribution in [0.15, 0.2) is 4.42 Å². The molecule has 0 aliphatic carbocycles. The molecule has 1 aromatic heterocycles. The first-order valence-electron chi connectivity index (χ1n) is 6.12. The van der Waals surface area contributed by atoms with Crippen molar-refractivity contribution in [3.05, 3.63) is 11.8 Å². The van der Waals surface area contributed by atoms with Crippen LogP contribution in [0.2, 0.25) is 0 Å². The Morgan fingerprint density at radius 3 is 2.89 bits per heavy atom. The highest BCUT2D eigenvalue weighted by molar-refractivity contribution is 5.67. The summed E-state index contributed by atoms with van der Waals surface area (Å²) in [6.45, 7) is 4.47. The van der Waals surface area contributed by atoms with Gasteiger partial charge in [0.2, 0.25) is 11.8 Å². The van der Waals surface area contributed by atoms with E-state index in [1.807, 2.05) is 13.8 Å². The van der Waals surface area contributed by atoms with Crippen LogP contribution >= 0.6 is 0 Å². The minimum Gasteiger partial charge on any atom is -0.481 e. The highest BCUT2D eigenvalue weighted by Crippen LogP contribution is 2.30. The third-order valence-electron chi connectivity index (χ3n) is 2.95. The fourth-order valence-electron chi connectivity index (χ4n) is 2.12. The topological polar surface area (TPSA) is 85.5 Å². The van der Waals surface area contributed by atoms with Gasteiger partial charge >= 0.3 is 5.97 Å². The molecule has 1 aliphatic rings. The second-order valence-corrected chi connectivity index (χ2v) is 5.45. The number of aromatic nitrogens is 2. The number of hydrogen-bond acceptors (Lipinski definition) is 5. The standard InChI is InChI=1S/C12H18N2O4/c1-12(2,7-10(15)16)6-9-13-14-11(18-9)8-4-3-5-17-8/h8H,3-7H2,1-2H3,(H,15,16). The first-order valence-corrected chi connectivity index (χ1v) is 6.12. The Bertz CT molecular complexity index is 421. The van der Waals surface area contributed by atoms with E-state index in [4.69, 9.17) is 14.3 Å². The SMILES string of the molecule is CC(C)(CC(=O)O)Cc1nnc(C2CCCO2)o1. The van der Waals surface area contributed by atoms with Gasteiger partial charge in [0, 0.05) is 13.0 Å². The number of ether oxygens (including phenoxy) is 1. The number of nitrogens with zero attached hydrogens (tertiary/aromatic N) is 2. The van der Waals surface area contributed by atoms with Crippen molar-refractivity contribution in [2.75, 3.05) is 6.61 Å². The maximum Gasteiger partial charge on any atom is 0.303 e. The Labute approximate surface area is 105 Å². The van der Waals surface area contributed by atoms with E-state index in [1.54, 1.807) is 0 Å². The summed E-state index contributed by atoms with van der Waals surface area (Å²) in [6, 6.07) is 0. The van der Waals surface area contributed by atoms with Crippen LogP contribution in [0, 0.1) is 5.41 Å². The molecule has 1 unspecified atom stereocenters. The smallest absolute Gasteiger partial charge is 0.303 e. The molecule has 6 nitrogen and oxygen atoms in total. The van der Waals surface area contributed by atoms with Crippen molar-refractivity contribution in [3.8, 4) is 0 Å². The van der Waals surface area contributed by atoms with Crippen LogP contribution in [-0.2, 0) is 16.0 Å². The lowest BCUT2D eigenvalue weighted by atomic mass is 9.86. The van der Waals surface area contributed by atoms with Crippen LogP contribution in [0.1, 0.15) is 51.0 Å². The van der Waals surface area contributed by atoms with E-state index in [1.165, 1.54) is 0 Å². The van der Waals surface area contributed by atoms with Crippen molar-refractivity contribution in [3.63, 3.8) is 0 Å². The summed E-state index contributed by atoms with van der Waals surface area (Å²) in [4.78, 5) is 10.7. The van der Waals surface area contributed by atoms with Crippen molar-refractivity contribution in [1.82, 2.24) is 10.2 Å². The third-order valence-corrected chi connectivity index (χ3v) is 2.95. The zero-order chi connectivity index (χ0) is 13.2. The minimum atomic E-state index is -0.820. The molecule has 100 valence electrons. The molecule has 1 saturated heterocycles. The average Bonchev–Trinajstić information content (AvgIpc) is 2.82. The van der Waals surface area contributed by atoms with Crippen LogP contribution in [0.3, 0.4) is 0 Å². The summed E-state index contributed by atoms with van der Waals surface area (Å²) in [5.41, 5.74) is -0.397. The van der Waals surface area contributed by atoms with E-state index in [0.29, 0.717) is 18.2 Å². The van der Waals surface area contributed by atoms with Gasteiger partial charge in [-0.05, 0) is 18.3 Å². The molecule has 6 heteroatoms. The Morgan fingerprint density at radius 2 is 2.28 bits per heavy atom. The lowest BCUT2D eigenvalue weighted by molar-refractivity contribution is -0.139. The van der Waals surface area contributed by atoms with Crippen molar-refractivity contribution in [1.29, 1.82) is 0 Å². The molecule has 0 radical (unpaired) electrons. The maximum atomic E-state index is 10.7. The number of carbonyl (C=O) groups is 1. The molecular formula is C12H18N2O4. The molecule has 2 rings (SSSR count). The molecule has 1 fully saturated rings. The molecule has 1 N–H and O–H groups in total. The van der Waals surface area contributed by atoms with Gasteiger partial charge in [-0.25, -0.2) is 0 Å². The number of carboxylic acids is 1. The molecule has 1 aromatic rings. The van der Waals surface area contributed by atoms with Gasteiger partial charge in [-0.3, -0.25) is 4.79 Å². The van der Waals surface area contributed by atoms with Crippen LogP contribution in [0.5, 0.6) is 0 Å². The van der Waals surface area contributed by atoms with Crippen molar-refractivity contribution in [2.24, 2.45) is 5.41 Å². The number of hydrogen-bond donors (Lipinski definition) is 1. The van der Waals surface area contributed by atoms with Crippen molar-refractivity contribution >= 4 is 5.97 Å². The molecular weight excluding hydrogens is 236 g/mol. The van der Waals surface area contributed by atoms with Crippen LogP contribution in [-0.4, -0.2) is 27.9 Å². The molecule has 0 spiro atoms. The van der Waals surface area contributed by atoms with Gasteiger partial charge in [0.15, 0.2) is 0 Å². The summed E-state index contributed by atoms with van der Waals surface area (Å²) in [5.74, 6) is 0.166. The van der Waals surface area contributed by atoms with Gasteiger partial charge < -0.3 is 14.3 Å². The number of carboxylic acid groups (broad SMARTS) is 1. The van der Waals surface area contributed by atoms with Crippen LogP contribution < -0.4 is 0 Å². The largest absolute Gasteiger partial charge is 0.481 e. The third kappa shape index (κ3) is 3.29. The summed E-state index contributed by atoms with van der Waals surface area (Å²) >= 11 is 0. The Balaban J connectivity index is 1.99. The van der Waals surface area contributed by atoms with Gasteiger partial charge in [0.1, 0.15) is 6.10 Å². The first-order chi connectivity index (χ1) is 8.46. The normalized spacial score (nSPS) is 20.2. The Morgan fingerprint density at radius 1 is 1.50 bits per heavy atom. The fourth-order valence-corrected chi connectivity index (χ4v) is 2.12. The van der Waals surface area contributed by atoms with E-state index >= 15 is 0 Å². The summed E-state index contributed by atoms with van der Waals surface area (Å²) in [5, 5.41) is 16.8. The average molecular weight is 254 g/mol. The molecule has 2 heterocycles. The second kappa shape index (κ2) is 5.06. The van der Waals surface area contributed by atoms with Gasteiger partial charge in [-0.2, -0.15) is 0 Å². The Kier molecular flexibility index (Phi) is 3.65. The highest BCUT2D eigenvalue weighted by Gasteiger charge is 2.27. The molecule has 0 bridgehead atoms. The minimum absolute atomic E-state index is 0.0740. The van der Waals surface area contributed by atoms with Crippen LogP contribution in [0.4, 0.5) is 0 Å². The molecule has 0 amide bonds. The van der Waals surface area contributed by atoms with Crippen molar-refractivity contribution in [2.45, 2.75) is 45.6 Å². The monoisotopic (exact) mass is 254 g/mol. The van der Waals surface area contributed by atoms with E-state index in [-0.39, 0.29) is 12.5 Å². The summed E-state index contributed by atoms with van der Waals surface area (Å²) in [7, 11) is 0. The van der Waals surface area contributed by atoms with E-state index in [0.717, 1.165) is 19.4 Å². The molecule has 0 saturated carbocycles. The number of aliphatic carboxylic acids is 1. The zero-order valence-electron chi connectivity index (χ0n) is 10.7. The van der Waals surface area contributed by atoms with E-state index < -0.39 is 11.4 Å². The second-order valence-electron chi connectivity index (χ2n) is 5.45. The fraction of sp³-hybridized carbons (Fsp3) is 0.750. The Hall–Kier alpha value is -1.43.